The highest BCUT2D eigenvalue weighted by Gasteiger charge is 2.23. The number of methoxy groups -OCH3 is 1. The van der Waals surface area contributed by atoms with Crippen molar-refractivity contribution in [1.29, 1.82) is 0 Å². The standard InChI is InChI=1S/C23H34N4O2/c1-18-14-19(2)27(24-18)17-23(28)25(3)15-20-8-7-12-26(16-20)13-11-21-9-5-6-10-22(21)29-4/h5-6,9-10,14,20H,7-8,11-13,15-17H2,1-4H3. The van der Waals surface area contributed by atoms with Crippen LogP contribution in [0.4, 0.5) is 0 Å². The van der Waals surface area contributed by atoms with E-state index in [0.717, 1.165) is 49.7 Å². The van der Waals surface area contributed by atoms with E-state index >= 15 is 0 Å². The Labute approximate surface area is 174 Å². The van der Waals surface area contributed by atoms with E-state index in [0.29, 0.717) is 12.5 Å². The molecule has 6 nitrogen and oxygen atoms in total. The van der Waals surface area contributed by atoms with E-state index in [1.54, 1.807) is 11.8 Å². The van der Waals surface area contributed by atoms with Crippen molar-refractivity contribution in [1.82, 2.24) is 19.6 Å². The normalized spacial score (nSPS) is 17.3. The highest BCUT2D eigenvalue weighted by Crippen LogP contribution is 2.21. The SMILES string of the molecule is COc1ccccc1CCN1CCCC(CN(C)C(=O)Cn2nc(C)cc2C)C1. The molecule has 29 heavy (non-hydrogen) atoms. The molecular formula is C23H34N4O2. The number of carbonyl (C=O) groups excluding carboxylic acids is 1. The first-order chi connectivity index (χ1) is 14.0. The maximum atomic E-state index is 12.6. The van der Waals surface area contributed by atoms with Gasteiger partial charge in [-0.1, -0.05) is 18.2 Å². The number of nitrogens with zero attached hydrogens (tertiary/aromatic N) is 4. The lowest BCUT2D eigenvalue weighted by molar-refractivity contribution is -0.131. The summed E-state index contributed by atoms with van der Waals surface area (Å²) < 4.78 is 7.27. The lowest BCUT2D eigenvalue weighted by Gasteiger charge is -2.34. The number of hydrogen-bond acceptors (Lipinski definition) is 4. The van der Waals surface area contributed by atoms with Gasteiger partial charge in [0.15, 0.2) is 0 Å². The first-order valence-corrected chi connectivity index (χ1v) is 10.6. The minimum atomic E-state index is 0.127. The minimum absolute atomic E-state index is 0.127. The summed E-state index contributed by atoms with van der Waals surface area (Å²) >= 11 is 0. The second-order valence-electron chi connectivity index (χ2n) is 8.23. The highest BCUT2D eigenvalue weighted by atomic mass is 16.5. The number of piperidine rings is 1. The van der Waals surface area contributed by atoms with Gasteiger partial charge in [0.25, 0.3) is 0 Å². The molecule has 1 amide bonds. The molecule has 1 aliphatic heterocycles. The third-order valence-electron chi connectivity index (χ3n) is 5.84. The Morgan fingerprint density at radius 3 is 2.83 bits per heavy atom. The molecule has 0 N–H and O–H groups in total. The Bertz CT molecular complexity index is 817. The van der Waals surface area contributed by atoms with Crippen molar-refractivity contribution in [2.24, 2.45) is 5.92 Å². The second-order valence-corrected chi connectivity index (χ2v) is 8.23. The summed E-state index contributed by atoms with van der Waals surface area (Å²) in [6.45, 7) is 8.29. The molecule has 0 spiro atoms. The van der Waals surface area contributed by atoms with Crippen LogP contribution in [-0.4, -0.2) is 65.8 Å². The van der Waals surface area contributed by atoms with Gasteiger partial charge in [-0.05, 0) is 63.3 Å². The molecule has 1 unspecified atom stereocenters. The Morgan fingerprint density at radius 1 is 1.31 bits per heavy atom. The van der Waals surface area contributed by atoms with Gasteiger partial charge in [-0.15, -0.1) is 0 Å². The second kappa shape index (κ2) is 9.92. The number of para-hydroxylation sites is 1. The van der Waals surface area contributed by atoms with E-state index in [4.69, 9.17) is 4.74 Å². The summed E-state index contributed by atoms with van der Waals surface area (Å²) in [6, 6.07) is 10.3. The predicted molar refractivity (Wildman–Crippen MR) is 115 cm³/mol. The molecule has 0 radical (unpaired) electrons. The summed E-state index contributed by atoms with van der Waals surface area (Å²) in [4.78, 5) is 17.1. The van der Waals surface area contributed by atoms with E-state index in [-0.39, 0.29) is 5.91 Å². The zero-order valence-corrected chi connectivity index (χ0v) is 18.2. The fourth-order valence-corrected chi connectivity index (χ4v) is 4.26. The molecule has 158 valence electrons. The van der Waals surface area contributed by atoms with Gasteiger partial charge in [0.2, 0.25) is 5.91 Å². The molecule has 1 saturated heterocycles. The van der Waals surface area contributed by atoms with Crippen molar-refractivity contribution < 1.29 is 9.53 Å². The number of likely N-dealkylation sites (tertiary alicyclic amines) is 1. The zero-order valence-electron chi connectivity index (χ0n) is 18.2. The zero-order chi connectivity index (χ0) is 20.8. The number of rotatable bonds is 8. The van der Waals surface area contributed by atoms with E-state index in [1.807, 2.05) is 44.0 Å². The molecule has 3 rings (SSSR count). The number of likely N-dealkylation sites (N-methyl/N-ethyl adjacent to an activating group) is 1. The third-order valence-corrected chi connectivity index (χ3v) is 5.84. The molecule has 1 aromatic heterocycles. The minimum Gasteiger partial charge on any atom is -0.496 e. The summed E-state index contributed by atoms with van der Waals surface area (Å²) in [5.74, 6) is 1.62. The van der Waals surface area contributed by atoms with E-state index in [1.165, 1.54) is 18.4 Å². The Morgan fingerprint density at radius 2 is 2.10 bits per heavy atom. The Balaban J connectivity index is 1.48. The van der Waals surface area contributed by atoms with Crippen molar-refractivity contribution in [3.05, 3.63) is 47.3 Å². The van der Waals surface area contributed by atoms with Gasteiger partial charge in [0, 0.05) is 32.4 Å². The highest BCUT2D eigenvalue weighted by molar-refractivity contribution is 5.75. The number of carbonyl (C=O) groups is 1. The van der Waals surface area contributed by atoms with Crippen LogP contribution in [0.2, 0.25) is 0 Å². The number of ether oxygens (including phenoxy) is 1. The van der Waals surface area contributed by atoms with E-state index in [2.05, 4.69) is 22.1 Å². The number of hydrogen-bond donors (Lipinski definition) is 0. The van der Waals surface area contributed by atoms with Crippen molar-refractivity contribution >= 4 is 5.91 Å². The number of benzene rings is 1. The molecule has 1 atom stereocenters. The maximum absolute atomic E-state index is 12.6. The average molecular weight is 399 g/mol. The molecule has 1 aromatic carbocycles. The first-order valence-electron chi connectivity index (χ1n) is 10.6. The molecule has 0 aliphatic carbocycles. The third kappa shape index (κ3) is 5.82. The summed E-state index contributed by atoms with van der Waals surface area (Å²) in [5, 5.41) is 4.41. The fourth-order valence-electron chi connectivity index (χ4n) is 4.26. The number of aryl methyl sites for hydroxylation is 2. The smallest absolute Gasteiger partial charge is 0.244 e. The van der Waals surface area contributed by atoms with E-state index in [9.17, 15) is 4.79 Å². The molecule has 0 saturated carbocycles. The van der Waals surface area contributed by atoms with Crippen LogP contribution in [0, 0.1) is 19.8 Å². The average Bonchev–Trinajstić information content (AvgIpc) is 3.03. The fraction of sp³-hybridized carbons (Fsp3) is 0.565. The van der Waals surface area contributed by atoms with Gasteiger partial charge in [0.1, 0.15) is 12.3 Å². The Kier molecular flexibility index (Phi) is 7.31. The predicted octanol–water partition coefficient (Wildman–Crippen LogP) is 2.92. The lowest BCUT2D eigenvalue weighted by Crippen LogP contribution is -2.43. The van der Waals surface area contributed by atoms with Gasteiger partial charge < -0.3 is 14.5 Å². The number of aromatic nitrogens is 2. The number of amides is 1. The maximum Gasteiger partial charge on any atom is 0.244 e. The molecule has 1 fully saturated rings. The molecule has 2 heterocycles. The van der Waals surface area contributed by atoms with Gasteiger partial charge >= 0.3 is 0 Å². The van der Waals surface area contributed by atoms with Crippen LogP contribution in [0.25, 0.3) is 0 Å². The molecule has 2 aromatic rings. The quantitative estimate of drug-likeness (QED) is 0.686. The van der Waals surface area contributed by atoms with Crippen LogP contribution in [0.15, 0.2) is 30.3 Å². The van der Waals surface area contributed by atoms with Crippen LogP contribution in [0.1, 0.15) is 29.8 Å². The molecule has 6 heteroatoms. The van der Waals surface area contributed by atoms with Crippen LogP contribution >= 0.6 is 0 Å². The van der Waals surface area contributed by atoms with Gasteiger partial charge in [-0.3, -0.25) is 9.48 Å². The topological polar surface area (TPSA) is 50.6 Å². The van der Waals surface area contributed by atoms with Crippen molar-refractivity contribution in [3.63, 3.8) is 0 Å². The van der Waals surface area contributed by atoms with Crippen LogP contribution < -0.4 is 4.74 Å². The van der Waals surface area contributed by atoms with Gasteiger partial charge in [-0.2, -0.15) is 5.10 Å². The van der Waals surface area contributed by atoms with Crippen molar-refractivity contribution in [3.8, 4) is 5.75 Å². The monoisotopic (exact) mass is 398 g/mol. The summed E-state index contributed by atoms with van der Waals surface area (Å²) in [7, 11) is 3.65. The first kappa shape index (κ1) is 21.4. The van der Waals surface area contributed by atoms with Gasteiger partial charge in [-0.25, -0.2) is 0 Å². The van der Waals surface area contributed by atoms with Crippen molar-refractivity contribution in [2.75, 3.05) is 40.3 Å². The summed E-state index contributed by atoms with van der Waals surface area (Å²) in [6.07, 6.45) is 3.36. The largest absolute Gasteiger partial charge is 0.496 e. The van der Waals surface area contributed by atoms with Gasteiger partial charge in [0.05, 0.1) is 12.8 Å². The Hall–Kier alpha value is -2.34. The van der Waals surface area contributed by atoms with Crippen LogP contribution in [-0.2, 0) is 17.8 Å². The van der Waals surface area contributed by atoms with Crippen molar-refractivity contribution in [2.45, 2.75) is 39.7 Å². The molecular weight excluding hydrogens is 364 g/mol. The molecule has 0 bridgehead atoms. The van der Waals surface area contributed by atoms with Crippen LogP contribution in [0.5, 0.6) is 5.75 Å². The lowest BCUT2D eigenvalue weighted by atomic mass is 9.97. The summed E-state index contributed by atoms with van der Waals surface area (Å²) in [5.41, 5.74) is 3.25. The molecule has 1 aliphatic rings. The van der Waals surface area contributed by atoms with Crippen LogP contribution in [0.3, 0.4) is 0 Å². The van der Waals surface area contributed by atoms with E-state index < -0.39 is 0 Å².